The Hall–Kier alpha value is -1.31. The van der Waals surface area contributed by atoms with Crippen LogP contribution in [0.15, 0.2) is 24.3 Å². The number of hydrogen-bond acceptors (Lipinski definition) is 4. The van der Waals surface area contributed by atoms with Crippen LogP contribution in [0.2, 0.25) is 0 Å². The third-order valence-corrected chi connectivity index (χ3v) is 2.53. The van der Waals surface area contributed by atoms with Crippen molar-refractivity contribution in [2.75, 3.05) is 25.1 Å². The van der Waals surface area contributed by atoms with Gasteiger partial charge < -0.3 is 20.6 Å². The minimum Gasteiger partial charge on any atom is -0.394 e. The maximum Gasteiger partial charge on any atom is 0.416 e. The number of halogens is 3. The van der Waals surface area contributed by atoms with Gasteiger partial charge in [-0.25, -0.2) is 0 Å². The highest BCUT2D eigenvalue weighted by molar-refractivity contribution is 5.47. The molecule has 0 bridgehead atoms. The van der Waals surface area contributed by atoms with Gasteiger partial charge in [0.15, 0.2) is 0 Å². The Morgan fingerprint density at radius 1 is 0.889 bits per heavy atom. The van der Waals surface area contributed by atoms with Gasteiger partial charge in [-0.2, -0.15) is 13.2 Å². The van der Waals surface area contributed by atoms with E-state index >= 15 is 0 Å². The molecule has 0 heterocycles. The van der Waals surface area contributed by atoms with Crippen molar-refractivity contribution in [1.82, 2.24) is 0 Å². The molecule has 0 atom stereocenters. The van der Waals surface area contributed by atoms with E-state index in [0.29, 0.717) is 0 Å². The fraction of sp³-hybridized carbons (Fsp3) is 0.455. The zero-order chi connectivity index (χ0) is 13.8. The van der Waals surface area contributed by atoms with Crippen molar-refractivity contribution in [1.29, 1.82) is 0 Å². The number of nitrogens with one attached hydrogen (secondary N) is 1. The maximum absolute atomic E-state index is 12.3. The molecule has 18 heavy (non-hydrogen) atoms. The smallest absolute Gasteiger partial charge is 0.394 e. The van der Waals surface area contributed by atoms with E-state index < -0.39 is 37.1 Å². The average Bonchev–Trinajstić information content (AvgIpc) is 2.36. The molecule has 0 amide bonds. The normalized spacial score (nSPS) is 12.6. The Morgan fingerprint density at radius 3 is 1.67 bits per heavy atom. The van der Waals surface area contributed by atoms with Gasteiger partial charge in [-0.3, -0.25) is 0 Å². The van der Waals surface area contributed by atoms with Crippen molar-refractivity contribution >= 4 is 5.69 Å². The summed E-state index contributed by atoms with van der Waals surface area (Å²) in [5.74, 6) is 0. The molecule has 0 fully saturated rings. The molecule has 0 aliphatic heterocycles. The molecule has 0 saturated carbocycles. The van der Waals surface area contributed by atoms with E-state index in [1.807, 2.05) is 0 Å². The van der Waals surface area contributed by atoms with Crippen LogP contribution in [0.4, 0.5) is 18.9 Å². The lowest BCUT2D eigenvalue weighted by Gasteiger charge is -2.30. The van der Waals surface area contributed by atoms with Crippen LogP contribution in [0, 0.1) is 0 Å². The minimum atomic E-state index is -4.42. The van der Waals surface area contributed by atoms with Crippen molar-refractivity contribution in [3.8, 4) is 0 Å². The third kappa shape index (κ3) is 3.34. The molecule has 4 N–H and O–H groups in total. The van der Waals surface area contributed by atoms with Crippen molar-refractivity contribution in [3.63, 3.8) is 0 Å². The van der Waals surface area contributed by atoms with Crippen molar-refractivity contribution < 1.29 is 28.5 Å². The van der Waals surface area contributed by atoms with Crippen molar-refractivity contribution in [2.24, 2.45) is 0 Å². The molecule has 1 rings (SSSR count). The minimum absolute atomic E-state index is 0.264. The third-order valence-electron chi connectivity index (χ3n) is 2.53. The quantitative estimate of drug-likeness (QED) is 0.636. The lowest BCUT2D eigenvalue weighted by molar-refractivity contribution is -0.137. The summed E-state index contributed by atoms with van der Waals surface area (Å²) in [4.78, 5) is 0. The van der Waals surface area contributed by atoms with Crippen LogP contribution in [0.1, 0.15) is 5.56 Å². The van der Waals surface area contributed by atoms with E-state index in [9.17, 15) is 13.2 Å². The summed E-state index contributed by atoms with van der Waals surface area (Å²) in [5.41, 5.74) is -1.89. The number of anilines is 1. The van der Waals surface area contributed by atoms with Crippen LogP contribution < -0.4 is 5.32 Å². The van der Waals surface area contributed by atoms with Gasteiger partial charge >= 0.3 is 6.18 Å². The molecule has 1 aromatic carbocycles. The molecule has 1 aromatic rings. The molecular weight excluding hydrogens is 251 g/mol. The first kappa shape index (κ1) is 14.7. The first-order valence-corrected chi connectivity index (χ1v) is 5.15. The fourth-order valence-electron chi connectivity index (χ4n) is 1.32. The Bertz CT molecular complexity index is 366. The monoisotopic (exact) mass is 265 g/mol. The lowest BCUT2D eigenvalue weighted by Crippen LogP contribution is -2.49. The van der Waals surface area contributed by atoms with Gasteiger partial charge in [0.05, 0.1) is 25.4 Å². The summed E-state index contributed by atoms with van der Waals surface area (Å²) in [7, 11) is 0. The van der Waals surface area contributed by atoms with Gasteiger partial charge in [0, 0.05) is 5.69 Å². The Labute approximate surface area is 102 Å². The SMILES string of the molecule is OCC(CO)(CO)Nc1ccc(C(F)(F)F)cc1. The van der Waals surface area contributed by atoms with E-state index in [1.54, 1.807) is 0 Å². The zero-order valence-corrected chi connectivity index (χ0v) is 9.41. The molecule has 7 heteroatoms. The molecule has 0 aliphatic carbocycles. The van der Waals surface area contributed by atoms with Crippen molar-refractivity contribution in [2.45, 2.75) is 11.7 Å². The Balaban J connectivity index is 2.86. The second-order valence-corrected chi connectivity index (χ2v) is 3.95. The highest BCUT2D eigenvalue weighted by Crippen LogP contribution is 2.30. The number of aliphatic hydroxyl groups is 3. The number of aliphatic hydroxyl groups excluding tert-OH is 3. The van der Waals surface area contributed by atoms with Gasteiger partial charge in [-0.05, 0) is 24.3 Å². The summed E-state index contributed by atoms with van der Waals surface area (Å²) in [6, 6.07) is 4.08. The van der Waals surface area contributed by atoms with E-state index in [-0.39, 0.29) is 5.69 Å². The Morgan fingerprint density at radius 2 is 1.33 bits per heavy atom. The molecule has 0 aromatic heterocycles. The fourth-order valence-corrected chi connectivity index (χ4v) is 1.32. The highest BCUT2D eigenvalue weighted by Gasteiger charge is 2.31. The first-order chi connectivity index (χ1) is 8.37. The van der Waals surface area contributed by atoms with Crippen LogP contribution in [0.5, 0.6) is 0 Å². The number of alkyl halides is 3. The van der Waals surface area contributed by atoms with E-state index in [2.05, 4.69) is 5.32 Å². The molecule has 4 nitrogen and oxygen atoms in total. The standard InChI is InChI=1S/C11H14F3NO3/c12-11(13,14)8-1-3-9(4-2-8)15-10(5-16,6-17)7-18/h1-4,15-18H,5-7H2. The van der Waals surface area contributed by atoms with Gasteiger partial charge in [0.25, 0.3) is 0 Å². The van der Waals surface area contributed by atoms with E-state index in [1.165, 1.54) is 12.1 Å². The predicted octanol–water partition coefficient (Wildman–Crippen LogP) is 0.833. The zero-order valence-electron chi connectivity index (χ0n) is 9.41. The molecule has 0 spiro atoms. The largest absolute Gasteiger partial charge is 0.416 e. The maximum atomic E-state index is 12.3. The van der Waals surface area contributed by atoms with Gasteiger partial charge in [0.2, 0.25) is 0 Å². The highest BCUT2D eigenvalue weighted by atomic mass is 19.4. The second kappa shape index (κ2) is 5.55. The Kier molecular flexibility index (Phi) is 4.55. The van der Waals surface area contributed by atoms with Gasteiger partial charge in [-0.15, -0.1) is 0 Å². The lowest BCUT2D eigenvalue weighted by atomic mass is 10.0. The number of hydrogen-bond donors (Lipinski definition) is 4. The second-order valence-electron chi connectivity index (χ2n) is 3.95. The topological polar surface area (TPSA) is 72.7 Å². The summed E-state index contributed by atoms with van der Waals surface area (Å²) < 4.78 is 36.9. The predicted molar refractivity (Wildman–Crippen MR) is 59.1 cm³/mol. The van der Waals surface area contributed by atoms with Crippen LogP contribution in [0.3, 0.4) is 0 Å². The summed E-state index contributed by atoms with van der Waals surface area (Å²) >= 11 is 0. The van der Waals surface area contributed by atoms with E-state index in [4.69, 9.17) is 15.3 Å². The molecule has 0 unspecified atom stereocenters. The van der Waals surface area contributed by atoms with Gasteiger partial charge in [-0.1, -0.05) is 0 Å². The molecule has 102 valence electrons. The molecular formula is C11H14F3NO3. The van der Waals surface area contributed by atoms with Crippen LogP contribution in [-0.4, -0.2) is 40.7 Å². The molecule has 0 saturated heterocycles. The number of benzene rings is 1. The average molecular weight is 265 g/mol. The summed E-state index contributed by atoms with van der Waals surface area (Å²) in [6.07, 6.45) is -4.42. The van der Waals surface area contributed by atoms with E-state index in [0.717, 1.165) is 12.1 Å². The van der Waals surface area contributed by atoms with Crippen molar-refractivity contribution in [3.05, 3.63) is 29.8 Å². The first-order valence-electron chi connectivity index (χ1n) is 5.15. The molecule has 0 aliphatic rings. The van der Waals surface area contributed by atoms with Crippen LogP contribution in [-0.2, 0) is 6.18 Å². The van der Waals surface area contributed by atoms with Crippen LogP contribution >= 0.6 is 0 Å². The number of rotatable bonds is 5. The molecule has 0 radical (unpaired) electrons. The van der Waals surface area contributed by atoms with Gasteiger partial charge in [0.1, 0.15) is 5.54 Å². The summed E-state index contributed by atoms with van der Waals surface area (Å²) in [5, 5.41) is 29.8. The summed E-state index contributed by atoms with van der Waals surface area (Å²) in [6.45, 7) is -1.66. The van der Waals surface area contributed by atoms with Crippen LogP contribution in [0.25, 0.3) is 0 Å².